The van der Waals surface area contributed by atoms with Crippen molar-refractivity contribution in [2.45, 2.75) is 55.9 Å². The smallest absolute Gasteiger partial charge is 0.349 e. The van der Waals surface area contributed by atoms with Crippen molar-refractivity contribution in [3.05, 3.63) is 119 Å². The minimum absolute atomic E-state index is 0.0727. The average molecular weight is 709 g/mol. The van der Waals surface area contributed by atoms with E-state index in [0.29, 0.717) is 29.5 Å². The molecule has 5 nitrogen and oxygen atoms in total. The molecule has 11 heteroatoms. The van der Waals surface area contributed by atoms with Crippen LogP contribution in [-0.2, 0) is 16.4 Å². The number of fused-ring (bicyclic) bond motifs is 3. The fourth-order valence-electron chi connectivity index (χ4n) is 7.76. The van der Waals surface area contributed by atoms with Gasteiger partial charge in [-0.25, -0.2) is 0 Å². The molecule has 268 valence electrons. The van der Waals surface area contributed by atoms with Crippen LogP contribution in [0.2, 0.25) is 0 Å². The van der Waals surface area contributed by atoms with Crippen LogP contribution in [0.15, 0.2) is 97.1 Å². The van der Waals surface area contributed by atoms with Crippen molar-refractivity contribution < 1.29 is 40.4 Å². The van der Waals surface area contributed by atoms with E-state index in [1.807, 2.05) is 48.5 Å². The summed E-state index contributed by atoms with van der Waals surface area (Å²) >= 11 is 0. The Hall–Kier alpha value is -4.64. The molecule has 0 radical (unpaired) electrons. The van der Waals surface area contributed by atoms with E-state index in [0.717, 1.165) is 77.8 Å². The first-order valence-electron chi connectivity index (χ1n) is 17.2. The van der Waals surface area contributed by atoms with Crippen LogP contribution in [0.3, 0.4) is 0 Å². The summed E-state index contributed by atoms with van der Waals surface area (Å²) in [6.45, 7) is 1.01. The number of unbranched alkanes of at least 4 members (excludes halogenated alkanes) is 1. The highest BCUT2D eigenvalue weighted by Crippen LogP contribution is 2.51. The molecule has 1 aliphatic heterocycles. The Morgan fingerprint density at radius 2 is 1.29 bits per heavy atom. The number of quaternary nitrogens is 1. The quantitative estimate of drug-likeness (QED) is 0.0987. The van der Waals surface area contributed by atoms with Gasteiger partial charge < -0.3 is 15.1 Å². The Bertz CT molecular complexity index is 1830. The third-order valence-electron chi connectivity index (χ3n) is 10.5. The lowest BCUT2D eigenvalue weighted by molar-refractivity contribution is -0.914. The van der Waals surface area contributed by atoms with Crippen molar-refractivity contribution in [3.8, 4) is 22.3 Å². The molecule has 0 spiro atoms. The zero-order valence-corrected chi connectivity index (χ0v) is 28.2. The van der Waals surface area contributed by atoms with Gasteiger partial charge in [0, 0.05) is 24.4 Å². The lowest BCUT2D eigenvalue weighted by atomic mass is 9.73. The van der Waals surface area contributed by atoms with Crippen LogP contribution in [0.5, 0.6) is 0 Å². The van der Waals surface area contributed by atoms with E-state index in [2.05, 4.69) is 17.7 Å². The summed E-state index contributed by atoms with van der Waals surface area (Å²) in [5, 5.41) is 5.32. The molecule has 1 heterocycles. The third-order valence-corrected chi connectivity index (χ3v) is 10.5. The Morgan fingerprint density at radius 3 is 1.86 bits per heavy atom. The fraction of sp³-hybridized carbons (Fsp3) is 0.350. The summed E-state index contributed by atoms with van der Waals surface area (Å²) in [6.07, 6.45) is -5.78. The highest BCUT2D eigenvalue weighted by atomic mass is 19.4. The lowest BCUT2D eigenvalue weighted by Gasteiger charge is -2.41. The molecule has 0 atom stereocenters. The molecular weight excluding hydrogens is 668 g/mol. The zero-order chi connectivity index (χ0) is 36.4. The second-order valence-corrected chi connectivity index (χ2v) is 13.9. The molecule has 1 saturated heterocycles. The van der Waals surface area contributed by atoms with E-state index in [1.165, 1.54) is 12.1 Å². The van der Waals surface area contributed by atoms with E-state index in [-0.39, 0.29) is 11.9 Å². The van der Waals surface area contributed by atoms with Gasteiger partial charge in [0.25, 0.3) is 5.91 Å². The molecule has 0 unspecified atom stereocenters. The predicted molar refractivity (Wildman–Crippen MR) is 184 cm³/mol. The summed E-state index contributed by atoms with van der Waals surface area (Å²) < 4.78 is 79.7. The van der Waals surface area contributed by atoms with Gasteiger partial charge >= 0.3 is 12.4 Å². The third kappa shape index (κ3) is 7.68. The number of amides is 2. The lowest BCUT2D eigenvalue weighted by Crippen LogP contribution is -2.54. The van der Waals surface area contributed by atoms with Crippen molar-refractivity contribution >= 4 is 11.8 Å². The number of rotatable bonds is 10. The van der Waals surface area contributed by atoms with Crippen LogP contribution in [0.4, 0.5) is 26.3 Å². The Kier molecular flexibility index (Phi) is 10.0. The van der Waals surface area contributed by atoms with Crippen molar-refractivity contribution in [2.75, 3.05) is 33.2 Å². The maximum atomic E-state index is 13.8. The monoisotopic (exact) mass is 708 g/mol. The van der Waals surface area contributed by atoms with Gasteiger partial charge in [-0.3, -0.25) is 9.59 Å². The van der Waals surface area contributed by atoms with Gasteiger partial charge in [-0.05, 0) is 70.8 Å². The van der Waals surface area contributed by atoms with Crippen LogP contribution in [0.25, 0.3) is 22.3 Å². The molecule has 1 fully saturated rings. The van der Waals surface area contributed by atoms with Crippen molar-refractivity contribution in [1.29, 1.82) is 0 Å². The standard InChI is InChI=1S/C40H39F6N3O2/c1-49(24-20-29(21-25-49)48-36(50)33-13-3-2-10-30(33)27-16-18-28(19-17-27)40(44,45)46)23-9-8-22-38(37(51)47-26-39(41,42)43)34-14-6-4-11-31(34)32-12-5-7-15-35(32)38/h2-7,10-19,29H,8-9,20-26H2,1H3,(H-,47,48,50,51)/p+1. The molecule has 0 aromatic heterocycles. The number of carbonyl (C=O) groups excluding carboxylic acids is 2. The molecule has 6 rings (SSSR count). The number of hydrogen-bond donors (Lipinski definition) is 2. The highest BCUT2D eigenvalue weighted by molar-refractivity contribution is 6.01. The number of likely N-dealkylation sites (tertiary alicyclic amines) is 1. The molecule has 2 N–H and O–H groups in total. The summed E-state index contributed by atoms with van der Waals surface area (Å²) in [6, 6.07) is 26.5. The van der Waals surface area contributed by atoms with Crippen molar-refractivity contribution in [3.63, 3.8) is 0 Å². The van der Waals surface area contributed by atoms with Gasteiger partial charge in [0.2, 0.25) is 5.91 Å². The van der Waals surface area contributed by atoms with Gasteiger partial charge in [-0.1, -0.05) is 78.9 Å². The molecule has 4 aromatic carbocycles. The Labute approximate surface area is 293 Å². The average Bonchev–Trinajstić information content (AvgIpc) is 3.40. The van der Waals surface area contributed by atoms with Crippen LogP contribution >= 0.6 is 0 Å². The van der Waals surface area contributed by atoms with E-state index in [1.54, 1.807) is 24.3 Å². The number of piperidine rings is 1. The first-order valence-corrected chi connectivity index (χ1v) is 17.2. The summed E-state index contributed by atoms with van der Waals surface area (Å²) in [7, 11) is 2.16. The Balaban J connectivity index is 1.08. The van der Waals surface area contributed by atoms with E-state index >= 15 is 0 Å². The zero-order valence-electron chi connectivity index (χ0n) is 28.2. The number of halogens is 6. The van der Waals surface area contributed by atoms with Gasteiger partial charge in [0.15, 0.2) is 0 Å². The second-order valence-electron chi connectivity index (χ2n) is 13.9. The predicted octanol–water partition coefficient (Wildman–Crippen LogP) is 8.53. The van der Waals surface area contributed by atoms with Crippen LogP contribution in [-0.4, -0.2) is 61.7 Å². The van der Waals surface area contributed by atoms with E-state index in [4.69, 9.17) is 0 Å². The number of hydrogen-bond acceptors (Lipinski definition) is 2. The number of carbonyl (C=O) groups is 2. The minimum Gasteiger partial charge on any atom is -0.349 e. The van der Waals surface area contributed by atoms with Gasteiger partial charge in [-0.2, -0.15) is 26.3 Å². The molecule has 51 heavy (non-hydrogen) atoms. The van der Waals surface area contributed by atoms with Crippen LogP contribution in [0, 0.1) is 0 Å². The van der Waals surface area contributed by atoms with Crippen molar-refractivity contribution in [2.24, 2.45) is 0 Å². The summed E-state index contributed by atoms with van der Waals surface area (Å²) in [4.78, 5) is 27.2. The first kappa shape index (κ1) is 36.2. The topological polar surface area (TPSA) is 58.2 Å². The number of nitrogens with one attached hydrogen (secondary N) is 2. The molecule has 4 aromatic rings. The van der Waals surface area contributed by atoms with Gasteiger partial charge in [0.05, 0.1) is 32.2 Å². The number of benzene rings is 4. The largest absolute Gasteiger partial charge is 0.416 e. The Morgan fingerprint density at radius 1 is 0.745 bits per heavy atom. The molecule has 0 saturated carbocycles. The maximum Gasteiger partial charge on any atom is 0.416 e. The number of alkyl halides is 6. The minimum atomic E-state index is -4.53. The maximum absolute atomic E-state index is 13.8. The van der Waals surface area contributed by atoms with E-state index < -0.39 is 35.8 Å². The van der Waals surface area contributed by atoms with E-state index in [9.17, 15) is 35.9 Å². The molecule has 2 aliphatic rings. The SMILES string of the molecule is C[N+]1(CCCCC2(C(=O)NCC(F)(F)F)c3ccccc3-c3ccccc32)CCC(NC(=O)c2ccccc2-c2ccc(C(F)(F)F)cc2)CC1. The summed E-state index contributed by atoms with van der Waals surface area (Å²) in [5.74, 6) is -0.924. The molecule has 0 bridgehead atoms. The van der Waals surface area contributed by atoms with Gasteiger partial charge in [-0.15, -0.1) is 0 Å². The van der Waals surface area contributed by atoms with Crippen LogP contribution < -0.4 is 10.6 Å². The number of nitrogens with zero attached hydrogens (tertiary/aromatic N) is 1. The van der Waals surface area contributed by atoms with Crippen LogP contribution in [0.1, 0.15) is 59.2 Å². The molecule has 1 aliphatic carbocycles. The fourth-order valence-corrected chi connectivity index (χ4v) is 7.76. The first-order chi connectivity index (χ1) is 24.2. The normalized spacial score (nSPS) is 19.5. The summed E-state index contributed by atoms with van der Waals surface area (Å²) in [5.41, 5.74) is 2.65. The van der Waals surface area contributed by atoms with Crippen molar-refractivity contribution in [1.82, 2.24) is 10.6 Å². The van der Waals surface area contributed by atoms with Gasteiger partial charge in [0.1, 0.15) is 12.0 Å². The molecule has 2 amide bonds. The second kappa shape index (κ2) is 14.2. The molecular formula is C40H40F6N3O2+. The highest BCUT2D eigenvalue weighted by Gasteiger charge is 2.49.